The first kappa shape index (κ1) is 16.0. The van der Waals surface area contributed by atoms with Crippen LogP contribution in [0, 0.1) is 5.92 Å². The van der Waals surface area contributed by atoms with Crippen molar-refractivity contribution in [1.82, 2.24) is 0 Å². The van der Waals surface area contributed by atoms with Gasteiger partial charge < -0.3 is 5.32 Å². The summed E-state index contributed by atoms with van der Waals surface area (Å²) >= 11 is 3.26. The second kappa shape index (κ2) is 6.33. The minimum atomic E-state index is -3.64. The van der Waals surface area contributed by atoms with Crippen molar-refractivity contribution in [3.05, 3.63) is 53.0 Å². The predicted molar refractivity (Wildman–Crippen MR) is 92.7 cm³/mol. The lowest BCUT2D eigenvalue weighted by Gasteiger charge is -2.10. The summed E-state index contributed by atoms with van der Waals surface area (Å²) in [5, 5.41) is 2.81. The molecule has 7 heteroatoms. The van der Waals surface area contributed by atoms with Crippen molar-refractivity contribution in [2.45, 2.75) is 17.7 Å². The Labute approximate surface area is 143 Å². The molecule has 23 heavy (non-hydrogen) atoms. The van der Waals surface area contributed by atoms with E-state index in [1.54, 1.807) is 36.4 Å². The smallest absolute Gasteiger partial charge is 0.261 e. The number of rotatable bonds is 5. The summed E-state index contributed by atoms with van der Waals surface area (Å²) < 4.78 is 27.8. The second-order valence-electron chi connectivity index (χ2n) is 5.40. The van der Waals surface area contributed by atoms with Gasteiger partial charge in [0.25, 0.3) is 10.0 Å². The summed E-state index contributed by atoms with van der Waals surface area (Å²) in [7, 11) is -3.64. The fraction of sp³-hybridized carbons (Fsp3) is 0.188. The Balaban J connectivity index is 1.71. The highest BCUT2D eigenvalue weighted by atomic mass is 79.9. The molecule has 0 unspecified atom stereocenters. The van der Waals surface area contributed by atoms with Crippen LogP contribution < -0.4 is 10.0 Å². The number of benzene rings is 2. The largest absolute Gasteiger partial charge is 0.326 e. The fourth-order valence-electron chi connectivity index (χ4n) is 2.06. The highest BCUT2D eigenvalue weighted by molar-refractivity contribution is 9.10. The van der Waals surface area contributed by atoms with Crippen LogP contribution in [0.3, 0.4) is 0 Å². The summed E-state index contributed by atoms with van der Waals surface area (Å²) in [6, 6.07) is 13.1. The lowest BCUT2D eigenvalue weighted by atomic mass is 10.2. The number of carbonyl (C=O) groups excluding carboxylic acids is 1. The quantitative estimate of drug-likeness (QED) is 0.813. The fourth-order valence-corrected chi connectivity index (χ4v) is 3.71. The Bertz CT molecular complexity index is 831. The Kier molecular flexibility index (Phi) is 4.41. The van der Waals surface area contributed by atoms with E-state index in [1.165, 1.54) is 12.1 Å². The first-order chi connectivity index (χ1) is 10.9. The van der Waals surface area contributed by atoms with E-state index in [2.05, 4.69) is 26.0 Å². The molecule has 0 radical (unpaired) electrons. The van der Waals surface area contributed by atoms with E-state index in [4.69, 9.17) is 0 Å². The number of anilines is 2. The van der Waals surface area contributed by atoms with Gasteiger partial charge in [-0.15, -0.1) is 0 Å². The molecule has 3 rings (SSSR count). The summed E-state index contributed by atoms with van der Waals surface area (Å²) in [6.07, 6.45) is 1.88. The summed E-state index contributed by atoms with van der Waals surface area (Å²) in [4.78, 5) is 11.9. The van der Waals surface area contributed by atoms with Crippen LogP contribution in [0.5, 0.6) is 0 Å². The third kappa shape index (κ3) is 4.11. The number of amides is 1. The zero-order valence-electron chi connectivity index (χ0n) is 12.1. The molecule has 120 valence electrons. The van der Waals surface area contributed by atoms with Crippen molar-refractivity contribution >= 4 is 43.2 Å². The Morgan fingerprint density at radius 1 is 1.04 bits per heavy atom. The van der Waals surface area contributed by atoms with Crippen LogP contribution in [-0.4, -0.2) is 14.3 Å². The van der Waals surface area contributed by atoms with Gasteiger partial charge in [-0.3, -0.25) is 9.52 Å². The van der Waals surface area contributed by atoms with Crippen LogP contribution in [0.4, 0.5) is 11.4 Å². The number of sulfonamides is 1. The molecule has 1 aliphatic carbocycles. The van der Waals surface area contributed by atoms with Gasteiger partial charge in [0.1, 0.15) is 0 Å². The number of hydrogen-bond acceptors (Lipinski definition) is 3. The Morgan fingerprint density at radius 3 is 2.30 bits per heavy atom. The van der Waals surface area contributed by atoms with Gasteiger partial charge in [-0.05, 0) is 55.3 Å². The highest BCUT2D eigenvalue weighted by Crippen LogP contribution is 2.30. The number of carbonyl (C=O) groups is 1. The normalized spacial score (nSPS) is 14.3. The van der Waals surface area contributed by atoms with Gasteiger partial charge in [-0.2, -0.15) is 0 Å². The molecule has 0 heterocycles. The maximum absolute atomic E-state index is 12.3. The van der Waals surface area contributed by atoms with Gasteiger partial charge >= 0.3 is 0 Å². The van der Waals surface area contributed by atoms with Crippen molar-refractivity contribution in [2.75, 3.05) is 10.0 Å². The molecular formula is C16H15BrN2O3S. The Morgan fingerprint density at radius 2 is 1.70 bits per heavy atom. The average molecular weight is 395 g/mol. The van der Waals surface area contributed by atoms with Gasteiger partial charge in [0.2, 0.25) is 5.91 Å². The first-order valence-electron chi connectivity index (χ1n) is 7.13. The van der Waals surface area contributed by atoms with Crippen molar-refractivity contribution in [1.29, 1.82) is 0 Å². The van der Waals surface area contributed by atoms with Crippen molar-refractivity contribution in [3.63, 3.8) is 0 Å². The van der Waals surface area contributed by atoms with Crippen LogP contribution in [0.25, 0.3) is 0 Å². The monoisotopic (exact) mass is 394 g/mol. The zero-order chi connectivity index (χ0) is 16.4. The maximum atomic E-state index is 12.3. The molecule has 0 atom stereocenters. The van der Waals surface area contributed by atoms with Crippen LogP contribution >= 0.6 is 15.9 Å². The van der Waals surface area contributed by atoms with Crippen LogP contribution in [0.1, 0.15) is 12.8 Å². The molecule has 0 aliphatic heterocycles. The van der Waals surface area contributed by atoms with E-state index >= 15 is 0 Å². The van der Waals surface area contributed by atoms with Crippen LogP contribution in [0.15, 0.2) is 57.9 Å². The van der Waals surface area contributed by atoms with Crippen molar-refractivity contribution in [2.24, 2.45) is 5.92 Å². The molecule has 2 aromatic carbocycles. The molecule has 0 saturated heterocycles. The van der Waals surface area contributed by atoms with Gasteiger partial charge in [0.15, 0.2) is 0 Å². The molecule has 5 nitrogen and oxygen atoms in total. The average Bonchev–Trinajstić information content (AvgIpc) is 3.34. The minimum Gasteiger partial charge on any atom is -0.326 e. The molecule has 0 bridgehead atoms. The number of halogens is 1. The molecule has 1 aliphatic rings. The second-order valence-corrected chi connectivity index (χ2v) is 8.00. The SMILES string of the molecule is O=C(Nc1ccc(NS(=O)(=O)c2cccc(Br)c2)cc1)C1CC1. The summed E-state index contributed by atoms with van der Waals surface area (Å²) in [6.45, 7) is 0. The topological polar surface area (TPSA) is 75.3 Å². The molecule has 1 saturated carbocycles. The van der Waals surface area contributed by atoms with Gasteiger partial charge in [-0.1, -0.05) is 22.0 Å². The van der Waals surface area contributed by atoms with E-state index in [0.717, 1.165) is 12.8 Å². The van der Waals surface area contributed by atoms with E-state index < -0.39 is 10.0 Å². The Hall–Kier alpha value is -1.86. The standard InChI is InChI=1S/C16H15BrN2O3S/c17-12-2-1-3-15(10-12)23(21,22)19-14-8-6-13(7-9-14)18-16(20)11-4-5-11/h1-3,6-11,19H,4-5H2,(H,18,20). The van der Waals surface area contributed by atoms with E-state index in [0.29, 0.717) is 15.8 Å². The summed E-state index contributed by atoms with van der Waals surface area (Å²) in [5.41, 5.74) is 1.10. The van der Waals surface area contributed by atoms with E-state index in [1.807, 2.05) is 0 Å². The third-order valence-electron chi connectivity index (χ3n) is 3.46. The first-order valence-corrected chi connectivity index (χ1v) is 9.41. The molecule has 0 aromatic heterocycles. The molecule has 2 N–H and O–H groups in total. The van der Waals surface area contributed by atoms with Crippen LogP contribution in [-0.2, 0) is 14.8 Å². The molecular weight excluding hydrogens is 380 g/mol. The molecule has 2 aromatic rings. The van der Waals surface area contributed by atoms with E-state index in [9.17, 15) is 13.2 Å². The number of nitrogens with one attached hydrogen (secondary N) is 2. The molecule has 1 fully saturated rings. The van der Waals surface area contributed by atoms with Crippen LogP contribution in [0.2, 0.25) is 0 Å². The van der Waals surface area contributed by atoms with Crippen molar-refractivity contribution in [3.8, 4) is 0 Å². The molecule has 0 spiro atoms. The van der Waals surface area contributed by atoms with Gasteiger partial charge in [0, 0.05) is 21.8 Å². The highest BCUT2D eigenvalue weighted by Gasteiger charge is 2.29. The van der Waals surface area contributed by atoms with Crippen molar-refractivity contribution < 1.29 is 13.2 Å². The third-order valence-corrected chi connectivity index (χ3v) is 5.33. The zero-order valence-corrected chi connectivity index (χ0v) is 14.5. The lowest BCUT2D eigenvalue weighted by Crippen LogP contribution is -2.14. The number of hydrogen-bond donors (Lipinski definition) is 2. The van der Waals surface area contributed by atoms with Gasteiger partial charge in [0.05, 0.1) is 4.90 Å². The molecule has 1 amide bonds. The van der Waals surface area contributed by atoms with Gasteiger partial charge in [-0.25, -0.2) is 8.42 Å². The predicted octanol–water partition coefficient (Wildman–Crippen LogP) is 3.60. The minimum absolute atomic E-state index is 0.0208. The maximum Gasteiger partial charge on any atom is 0.261 e. The summed E-state index contributed by atoms with van der Waals surface area (Å²) in [5.74, 6) is 0.150. The lowest BCUT2D eigenvalue weighted by molar-refractivity contribution is -0.117. The van der Waals surface area contributed by atoms with E-state index in [-0.39, 0.29) is 16.7 Å².